The van der Waals surface area contributed by atoms with E-state index in [1.165, 1.54) is 23.1 Å². The van der Waals surface area contributed by atoms with Gasteiger partial charge in [0.15, 0.2) is 5.78 Å². The molecule has 6 heteroatoms. The van der Waals surface area contributed by atoms with Gasteiger partial charge in [0, 0.05) is 0 Å². The van der Waals surface area contributed by atoms with Crippen molar-refractivity contribution in [1.29, 1.82) is 0 Å². The molecule has 0 aliphatic carbocycles. The lowest BCUT2D eigenvalue weighted by atomic mass is 10.3. The molecule has 0 aliphatic heterocycles. The van der Waals surface area contributed by atoms with Crippen LogP contribution in [0.5, 0.6) is 0 Å². The Bertz CT molecular complexity index is 449. The predicted molar refractivity (Wildman–Crippen MR) is 44.2 cm³/mol. The minimum Gasteiger partial charge on any atom is -0.324 e. The standard InChI is InChI=1S/C7H7N5O/c8-3-6(13)5-4-10-7-9-1-2-11-12(5)7/h1-2,4H,3,8H2. The van der Waals surface area contributed by atoms with Crippen molar-refractivity contribution in [2.24, 2.45) is 5.73 Å². The molecule has 6 nitrogen and oxygen atoms in total. The molecule has 0 spiro atoms. The smallest absolute Gasteiger partial charge is 0.251 e. The fourth-order valence-electron chi connectivity index (χ4n) is 1.03. The SMILES string of the molecule is NCC(=O)c1cnc2nccnn12. The maximum absolute atomic E-state index is 11.2. The second kappa shape index (κ2) is 2.91. The summed E-state index contributed by atoms with van der Waals surface area (Å²) in [6.45, 7) is -0.0512. The van der Waals surface area contributed by atoms with E-state index >= 15 is 0 Å². The highest BCUT2D eigenvalue weighted by Gasteiger charge is 2.10. The summed E-state index contributed by atoms with van der Waals surface area (Å²) < 4.78 is 1.37. The van der Waals surface area contributed by atoms with Gasteiger partial charge < -0.3 is 5.73 Å². The van der Waals surface area contributed by atoms with E-state index in [1.807, 2.05) is 0 Å². The Morgan fingerprint density at radius 2 is 2.31 bits per heavy atom. The van der Waals surface area contributed by atoms with Gasteiger partial charge in [0.25, 0.3) is 5.78 Å². The van der Waals surface area contributed by atoms with E-state index in [2.05, 4.69) is 15.1 Å². The summed E-state index contributed by atoms with van der Waals surface area (Å²) in [5, 5.41) is 3.93. The number of rotatable bonds is 2. The Morgan fingerprint density at radius 3 is 3.08 bits per heavy atom. The van der Waals surface area contributed by atoms with Gasteiger partial charge in [-0.05, 0) is 0 Å². The molecule has 13 heavy (non-hydrogen) atoms. The number of carbonyl (C=O) groups is 1. The molecule has 0 radical (unpaired) electrons. The van der Waals surface area contributed by atoms with Gasteiger partial charge in [-0.2, -0.15) is 9.61 Å². The van der Waals surface area contributed by atoms with Crippen LogP contribution in [0.2, 0.25) is 0 Å². The van der Waals surface area contributed by atoms with Crippen molar-refractivity contribution >= 4 is 11.6 Å². The summed E-state index contributed by atoms with van der Waals surface area (Å²) in [6, 6.07) is 0. The molecule has 0 bridgehead atoms. The van der Waals surface area contributed by atoms with Crippen molar-refractivity contribution in [1.82, 2.24) is 19.6 Å². The van der Waals surface area contributed by atoms with Gasteiger partial charge in [-0.1, -0.05) is 0 Å². The summed E-state index contributed by atoms with van der Waals surface area (Å²) in [5.74, 6) is 0.201. The van der Waals surface area contributed by atoms with Gasteiger partial charge in [-0.3, -0.25) is 4.79 Å². The summed E-state index contributed by atoms with van der Waals surface area (Å²) in [4.78, 5) is 19.1. The van der Waals surface area contributed by atoms with Crippen LogP contribution in [0, 0.1) is 0 Å². The molecule has 2 heterocycles. The zero-order valence-electron chi connectivity index (χ0n) is 6.71. The normalized spacial score (nSPS) is 10.5. The van der Waals surface area contributed by atoms with E-state index in [0.717, 1.165) is 0 Å². The van der Waals surface area contributed by atoms with Gasteiger partial charge in [0.05, 0.1) is 25.1 Å². The van der Waals surface area contributed by atoms with Crippen LogP contribution >= 0.6 is 0 Å². The number of nitrogens with two attached hydrogens (primary N) is 1. The zero-order valence-corrected chi connectivity index (χ0v) is 6.71. The monoisotopic (exact) mass is 177 g/mol. The molecule has 2 aromatic heterocycles. The topological polar surface area (TPSA) is 86.2 Å². The third-order valence-electron chi connectivity index (χ3n) is 1.63. The number of hydrogen-bond donors (Lipinski definition) is 1. The summed E-state index contributed by atoms with van der Waals surface area (Å²) in [5.41, 5.74) is 5.58. The van der Waals surface area contributed by atoms with E-state index in [4.69, 9.17) is 5.73 Å². The summed E-state index contributed by atoms with van der Waals surface area (Å²) >= 11 is 0. The summed E-state index contributed by atoms with van der Waals surface area (Å²) in [6.07, 6.45) is 4.42. The van der Waals surface area contributed by atoms with Crippen molar-refractivity contribution in [2.45, 2.75) is 0 Å². The molecule has 0 aromatic carbocycles. The van der Waals surface area contributed by atoms with E-state index < -0.39 is 0 Å². The highest BCUT2D eigenvalue weighted by molar-refractivity contribution is 5.96. The third-order valence-corrected chi connectivity index (χ3v) is 1.63. The van der Waals surface area contributed by atoms with E-state index in [-0.39, 0.29) is 12.3 Å². The molecule has 2 aromatic rings. The highest BCUT2D eigenvalue weighted by atomic mass is 16.1. The molecule has 2 N–H and O–H groups in total. The van der Waals surface area contributed by atoms with Gasteiger partial charge in [-0.15, -0.1) is 0 Å². The molecule has 0 unspecified atom stereocenters. The molecular formula is C7H7N5O. The van der Waals surface area contributed by atoms with Crippen LogP contribution in [0.1, 0.15) is 10.5 Å². The van der Waals surface area contributed by atoms with Gasteiger partial charge in [0.2, 0.25) is 0 Å². The minimum atomic E-state index is -0.201. The van der Waals surface area contributed by atoms with Crippen molar-refractivity contribution in [3.8, 4) is 0 Å². The Hall–Kier alpha value is -1.82. The van der Waals surface area contributed by atoms with Gasteiger partial charge in [0.1, 0.15) is 5.69 Å². The van der Waals surface area contributed by atoms with Crippen LogP contribution in [0.15, 0.2) is 18.6 Å². The number of fused-ring (bicyclic) bond motifs is 1. The molecular weight excluding hydrogens is 170 g/mol. The second-order valence-electron chi connectivity index (χ2n) is 2.43. The first-order chi connectivity index (χ1) is 6.33. The molecule has 0 saturated heterocycles. The number of nitrogens with zero attached hydrogens (tertiary/aromatic N) is 4. The van der Waals surface area contributed by atoms with E-state index in [1.54, 1.807) is 0 Å². The fourth-order valence-corrected chi connectivity index (χ4v) is 1.03. The zero-order chi connectivity index (χ0) is 9.26. The number of ketones is 1. The average molecular weight is 177 g/mol. The van der Waals surface area contributed by atoms with Crippen molar-refractivity contribution in [2.75, 3.05) is 6.54 Å². The van der Waals surface area contributed by atoms with Crippen molar-refractivity contribution in [3.05, 3.63) is 24.3 Å². The van der Waals surface area contributed by atoms with Crippen LogP contribution in [0.4, 0.5) is 0 Å². The third kappa shape index (κ3) is 1.17. The van der Waals surface area contributed by atoms with E-state index in [9.17, 15) is 4.79 Å². The van der Waals surface area contributed by atoms with Gasteiger partial charge in [-0.25, -0.2) is 9.97 Å². The van der Waals surface area contributed by atoms with Crippen molar-refractivity contribution < 1.29 is 4.79 Å². The van der Waals surface area contributed by atoms with Crippen LogP contribution < -0.4 is 5.73 Å². The van der Waals surface area contributed by atoms with Crippen LogP contribution in [-0.4, -0.2) is 31.9 Å². The molecule has 0 amide bonds. The number of imidazole rings is 1. The first-order valence-corrected chi connectivity index (χ1v) is 3.71. The molecule has 2 rings (SSSR count). The lowest BCUT2D eigenvalue weighted by Gasteiger charge is -1.94. The highest BCUT2D eigenvalue weighted by Crippen LogP contribution is 2.00. The first kappa shape index (κ1) is 7.81. The first-order valence-electron chi connectivity index (χ1n) is 3.71. The Kier molecular flexibility index (Phi) is 1.75. The minimum absolute atomic E-state index is 0.0512. The maximum atomic E-state index is 11.2. The lowest BCUT2D eigenvalue weighted by Crippen LogP contribution is -2.16. The van der Waals surface area contributed by atoms with Crippen molar-refractivity contribution in [3.63, 3.8) is 0 Å². The maximum Gasteiger partial charge on any atom is 0.251 e. The number of Topliss-reactive ketones (excluding diaryl/α,β-unsaturated/α-hetero) is 1. The largest absolute Gasteiger partial charge is 0.324 e. The molecule has 0 fully saturated rings. The summed E-state index contributed by atoms with van der Waals surface area (Å²) in [7, 11) is 0. The average Bonchev–Trinajstić information content (AvgIpc) is 2.60. The Morgan fingerprint density at radius 1 is 1.46 bits per heavy atom. The fraction of sp³-hybridized carbons (Fsp3) is 0.143. The molecule has 0 saturated carbocycles. The molecule has 66 valence electrons. The van der Waals surface area contributed by atoms with Gasteiger partial charge >= 0.3 is 0 Å². The van der Waals surface area contributed by atoms with Crippen LogP contribution in [0.25, 0.3) is 5.78 Å². The van der Waals surface area contributed by atoms with E-state index in [0.29, 0.717) is 11.5 Å². The van der Waals surface area contributed by atoms with Crippen LogP contribution in [-0.2, 0) is 0 Å². The molecule has 0 aliphatic rings. The predicted octanol–water partition coefficient (Wildman–Crippen LogP) is -0.734. The Balaban J connectivity index is 2.64. The van der Waals surface area contributed by atoms with Crippen LogP contribution in [0.3, 0.4) is 0 Å². The quantitative estimate of drug-likeness (QED) is 0.611. The number of carbonyl (C=O) groups excluding carboxylic acids is 1. The number of aromatic nitrogens is 4. The lowest BCUT2D eigenvalue weighted by molar-refractivity contribution is 0.0994. The second-order valence-corrected chi connectivity index (χ2v) is 2.43. The molecule has 0 atom stereocenters. The Labute approximate surface area is 73.4 Å². The number of hydrogen-bond acceptors (Lipinski definition) is 5.